The van der Waals surface area contributed by atoms with Crippen LogP contribution in [0.25, 0.3) is 88.9 Å². The molecule has 0 saturated heterocycles. The molecule has 0 N–H and O–H groups in total. The van der Waals surface area contributed by atoms with Gasteiger partial charge in [-0.15, -0.1) is 0 Å². The van der Waals surface area contributed by atoms with Gasteiger partial charge in [0.05, 0.1) is 27.8 Å². The van der Waals surface area contributed by atoms with Crippen LogP contribution in [-0.2, 0) is 0 Å². The molecule has 10 rings (SSSR count). The van der Waals surface area contributed by atoms with Gasteiger partial charge in [-0.05, 0) is 53.6 Å². The highest BCUT2D eigenvalue weighted by Crippen LogP contribution is 2.38. The molecule has 0 aliphatic heterocycles. The molecule has 4 heteroatoms. The van der Waals surface area contributed by atoms with Crippen molar-refractivity contribution in [2.45, 2.75) is 0 Å². The summed E-state index contributed by atoms with van der Waals surface area (Å²) in [7, 11) is 0. The van der Waals surface area contributed by atoms with Crippen molar-refractivity contribution in [2.24, 2.45) is 0 Å². The standard InChI is InChI=1S/C46H30N4/c1-4-14-31(15-5-1)40-30-45(48-46(47-40)32-16-6-2-7-17-32)50-42-23-13-11-21-37(42)39-28-33(25-27-43(39)50)34-24-26-38-36-20-10-12-22-41(36)49(44(38)29-34)35-18-8-3-9-19-35/h1-30H. The minimum atomic E-state index is 0.701. The number of nitrogens with zero attached hydrogens (tertiary/aromatic N) is 4. The van der Waals surface area contributed by atoms with E-state index in [0.717, 1.165) is 39.4 Å². The zero-order valence-corrected chi connectivity index (χ0v) is 27.1. The SMILES string of the molecule is c1ccc(-c2cc(-n3c4ccccc4c4cc(-c5ccc6c7ccccc7n(-c7ccccc7)c6c5)ccc43)nc(-c3ccccc3)n2)cc1. The van der Waals surface area contributed by atoms with Gasteiger partial charge in [0.15, 0.2) is 5.82 Å². The molecular formula is C46H30N4. The molecule has 7 aromatic carbocycles. The Kier molecular flexibility index (Phi) is 6.46. The first-order valence-corrected chi connectivity index (χ1v) is 16.9. The fraction of sp³-hybridized carbons (Fsp3) is 0. The lowest BCUT2D eigenvalue weighted by Gasteiger charge is -2.12. The first kappa shape index (κ1) is 28.3. The summed E-state index contributed by atoms with van der Waals surface area (Å²) in [5.74, 6) is 1.54. The lowest BCUT2D eigenvalue weighted by atomic mass is 10.0. The number of para-hydroxylation sites is 3. The molecule has 0 spiro atoms. The first-order chi connectivity index (χ1) is 24.8. The third kappa shape index (κ3) is 4.54. The minimum absolute atomic E-state index is 0.701. The Hall–Kier alpha value is -6.78. The zero-order valence-electron chi connectivity index (χ0n) is 27.1. The highest BCUT2D eigenvalue weighted by Gasteiger charge is 2.18. The number of rotatable bonds is 5. The fourth-order valence-electron chi connectivity index (χ4n) is 7.43. The molecule has 0 unspecified atom stereocenters. The summed E-state index contributed by atoms with van der Waals surface area (Å²) < 4.78 is 4.66. The smallest absolute Gasteiger partial charge is 0.162 e. The van der Waals surface area contributed by atoms with Crippen LogP contribution in [0, 0.1) is 0 Å². The number of fused-ring (bicyclic) bond motifs is 6. The van der Waals surface area contributed by atoms with Crippen LogP contribution < -0.4 is 0 Å². The average molecular weight is 639 g/mol. The molecule has 0 aliphatic carbocycles. The summed E-state index contributed by atoms with van der Waals surface area (Å²) in [6, 6.07) is 64.3. The van der Waals surface area contributed by atoms with Crippen molar-refractivity contribution in [3.8, 4) is 45.3 Å². The third-order valence-electron chi connectivity index (χ3n) is 9.74. The van der Waals surface area contributed by atoms with Crippen LogP contribution in [0.1, 0.15) is 0 Å². The lowest BCUT2D eigenvalue weighted by Crippen LogP contribution is -2.02. The van der Waals surface area contributed by atoms with E-state index in [2.05, 4.69) is 167 Å². The first-order valence-electron chi connectivity index (χ1n) is 16.9. The van der Waals surface area contributed by atoms with E-state index in [1.165, 1.54) is 43.7 Å². The second-order valence-corrected chi connectivity index (χ2v) is 12.7. The summed E-state index contributed by atoms with van der Waals surface area (Å²) in [6.45, 7) is 0. The predicted octanol–water partition coefficient (Wildman–Crippen LogP) is 11.7. The molecule has 0 saturated carbocycles. The molecule has 0 radical (unpaired) electrons. The Bertz CT molecular complexity index is 2790. The van der Waals surface area contributed by atoms with Crippen LogP contribution in [0.2, 0.25) is 0 Å². The van der Waals surface area contributed by atoms with Crippen LogP contribution in [0.5, 0.6) is 0 Å². The fourth-order valence-corrected chi connectivity index (χ4v) is 7.43. The molecule has 3 heterocycles. The highest BCUT2D eigenvalue weighted by molar-refractivity contribution is 6.12. The number of aromatic nitrogens is 4. The summed E-state index contributed by atoms with van der Waals surface area (Å²) in [5.41, 5.74) is 11.0. The van der Waals surface area contributed by atoms with E-state index in [1.54, 1.807) is 0 Å². The molecule has 0 fully saturated rings. The van der Waals surface area contributed by atoms with Gasteiger partial charge in [-0.3, -0.25) is 4.57 Å². The minimum Gasteiger partial charge on any atom is -0.309 e. The molecule has 4 nitrogen and oxygen atoms in total. The monoisotopic (exact) mass is 638 g/mol. The van der Waals surface area contributed by atoms with Gasteiger partial charge in [0.1, 0.15) is 5.82 Å². The zero-order chi connectivity index (χ0) is 33.0. The summed E-state index contributed by atoms with van der Waals surface area (Å²) in [6.07, 6.45) is 0. The maximum atomic E-state index is 5.19. The summed E-state index contributed by atoms with van der Waals surface area (Å²) in [5, 5.41) is 4.87. The molecule has 0 amide bonds. The number of benzene rings is 7. The van der Waals surface area contributed by atoms with E-state index in [4.69, 9.17) is 9.97 Å². The topological polar surface area (TPSA) is 35.6 Å². The quantitative estimate of drug-likeness (QED) is 0.188. The predicted molar refractivity (Wildman–Crippen MR) is 207 cm³/mol. The Balaban J connectivity index is 1.18. The van der Waals surface area contributed by atoms with Gasteiger partial charge < -0.3 is 4.57 Å². The van der Waals surface area contributed by atoms with Crippen LogP contribution in [0.4, 0.5) is 0 Å². The Morgan fingerprint density at radius 2 is 0.860 bits per heavy atom. The maximum Gasteiger partial charge on any atom is 0.162 e. The Morgan fingerprint density at radius 3 is 1.60 bits per heavy atom. The van der Waals surface area contributed by atoms with Crippen LogP contribution in [-0.4, -0.2) is 19.1 Å². The summed E-state index contributed by atoms with van der Waals surface area (Å²) >= 11 is 0. The van der Waals surface area contributed by atoms with Gasteiger partial charge in [0.25, 0.3) is 0 Å². The van der Waals surface area contributed by atoms with Crippen LogP contribution >= 0.6 is 0 Å². The van der Waals surface area contributed by atoms with Crippen molar-refractivity contribution in [3.63, 3.8) is 0 Å². The largest absolute Gasteiger partial charge is 0.309 e. The molecule has 0 atom stereocenters. The van der Waals surface area contributed by atoms with Gasteiger partial charge in [-0.25, -0.2) is 9.97 Å². The van der Waals surface area contributed by atoms with Gasteiger partial charge in [-0.2, -0.15) is 0 Å². The van der Waals surface area contributed by atoms with Crippen molar-refractivity contribution < 1.29 is 0 Å². The lowest BCUT2D eigenvalue weighted by molar-refractivity contribution is 1.05. The Labute approximate surface area is 289 Å². The average Bonchev–Trinajstić information content (AvgIpc) is 3.71. The molecule has 0 bridgehead atoms. The second kappa shape index (κ2) is 11.4. The van der Waals surface area contributed by atoms with E-state index in [1.807, 2.05) is 24.3 Å². The third-order valence-corrected chi connectivity index (χ3v) is 9.74. The van der Waals surface area contributed by atoms with E-state index < -0.39 is 0 Å². The molecular weight excluding hydrogens is 609 g/mol. The van der Waals surface area contributed by atoms with Crippen molar-refractivity contribution in [1.82, 2.24) is 19.1 Å². The highest BCUT2D eigenvalue weighted by atomic mass is 15.1. The Morgan fingerprint density at radius 1 is 0.320 bits per heavy atom. The van der Waals surface area contributed by atoms with E-state index >= 15 is 0 Å². The molecule has 10 aromatic rings. The second-order valence-electron chi connectivity index (χ2n) is 12.7. The van der Waals surface area contributed by atoms with Crippen molar-refractivity contribution in [2.75, 3.05) is 0 Å². The number of hydrogen-bond acceptors (Lipinski definition) is 2. The van der Waals surface area contributed by atoms with Crippen LogP contribution in [0.15, 0.2) is 182 Å². The maximum absolute atomic E-state index is 5.19. The molecule has 0 aliphatic rings. The molecule has 3 aromatic heterocycles. The van der Waals surface area contributed by atoms with Gasteiger partial charge in [-0.1, -0.05) is 133 Å². The van der Waals surface area contributed by atoms with Crippen LogP contribution in [0.3, 0.4) is 0 Å². The van der Waals surface area contributed by atoms with Crippen molar-refractivity contribution in [1.29, 1.82) is 0 Å². The normalized spacial score (nSPS) is 11.6. The number of hydrogen-bond donors (Lipinski definition) is 0. The molecule has 50 heavy (non-hydrogen) atoms. The molecule has 234 valence electrons. The van der Waals surface area contributed by atoms with Gasteiger partial charge in [0.2, 0.25) is 0 Å². The van der Waals surface area contributed by atoms with Gasteiger partial charge in [0, 0.05) is 44.4 Å². The van der Waals surface area contributed by atoms with Crippen molar-refractivity contribution >= 4 is 43.6 Å². The summed E-state index contributed by atoms with van der Waals surface area (Å²) in [4.78, 5) is 10.2. The van der Waals surface area contributed by atoms with Crippen molar-refractivity contribution in [3.05, 3.63) is 182 Å². The van der Waals surface area contributed by atoms with E-state index in [-0.39, 0.29) is 0 Å². The van der Waals surface area contributed by atoms with E-state index in [0.29, 0.717) is 5.82 Å². The van der Waals surface area contributed by atoms with E-state index in [9.17, 15) is 0 Å². The van der Waals surface area contributed by atoms with Gasteiger partial charge >= 0.3 is 0 Å².